The first-order valence-electron chi connectivity index (χ1n) is 10.2. The monoisotopic (exact) mass is 559 g/mol. The van der Waals surface area contributed by atoms with Crippen LogP contribution in [0.5, 0.6) is 0 Å². The summed E-state index contributed by atoms with van der Waals surface area (Å²) in [4.78, 5) is 4.62. The fourth-order valence-electron chi connectivity index (χ4n) is 2.84. The van der Waals surface area contributed by atoms with Crippen LogP contribution in [0.25, 0.3) is 0 Å². The van der Waals surface area contributed by atoms with E-state index in [1.807, 2.05) is 49.4 Å². The maximum Gasteiger partial charge on any atom is 0.191 e. The Bertz CT molecular complexity index is 888. The minimum Gasteiger partial charge on any atom is -0.376 e. The number of rotatable bonds is 11. The number of aliphatic imine (C=N–C) groups is 1. The maximum absolute atomic E-state index is 11.4. The first-order valence-corrected chi connectivity index (χ1v) is 12.3. The number of benzene rings is 2. The molecule has 2 rings (SSSR count). The molecule has 0 saturated carbocycles. The summed E-state index contributed by atoms with van der Waals surface area (Å²) in [6.45, 7) is 7.52. The Morgan fingerprint density at radius 2 is 1.65 bits per heavy atom. The number of nitrogens with one attached hydrogen (secondary N) is 2. The fourth-order valence-corrected chi connectivity index (χ4v) is 3.64. The molecule has 8 heteroatoms. The standard InChI is InChI=1S/C23H33N3O3S.HI/c1-4-24-23(25-14-19(2)16-29-17-21-8-6-5-7-9-21)26-15-20-10-12-22(13-11-20)18-30(3,27)28;/h5-13,19H,4,14-18H2,1-3H3,(H2,24,25,26);1H. The number of hydrogen-bond acceptors (Lipinski definition) is 4. The first kappa shape index (κ1) is 27.4. The van der Waals surface area contributed by atoms with Crippen LogP contribution in [0.3, 0.4) is 0 Å². The Labute approximate surface area is 203 Å². The number of guanidine groups is 1. The van der Waals surface area contributed by atoms with Crippen molar-refractivity contribution >= 4 is 39.8 Å². The molecule has 2 aromatic carbocycles. The van der Waals surface area contributed by atoms with E-state index in [-0.39, 0.29) is 29.7 Å². The molecule has 0 aliphatic carbocycles. The second-order valence-corrected chi connectivity index (χ2v) is 9.71. The highest BCUT2D eigenvalue weighted by molar-refractivity contribution is 14.0. The molecule has 0 fully saturated rings. The number of sulfone groups is 1. The van der Waals surface area contributed by atoms with Gasteiger partial charge in [-0.15, -0.1) is 24.0 Å². The summed E-state index contributed by atoms with van der Waals surface area (Å²) in [5, 5.41) is 6.61. The van der Waals surface area contributed by atoms with Gasteiger partial charge in [-0.3, -0.25) is 0 Å². The van der Waals surface area contributed by atoms with Crippen molar-refractivity contribution in [2.24, 2.45) is 10.9 Å². The molecule has 0 aromatic heterocycles. The summed E-state index contributed by atoms with van der Waals surface area (Å²) in [5.74, 6) is 1.16. The van der Waals surface area contributed by atoms with E-state index >= 15 is 0 Å². The zero-order valence-corrected chi connectivity index (χ0v) is 21.7. The van der Waals surface area contributed by atoms with Crippen molar-refractivity contribution in [1.29, 1.82) is 0 Å². The van der Waals surface area contributed by atoms with Crippen LogP contribution in [0, 0.1) is 5.92 Å². The Morgan fingerprint density at radius 3 is 2.26 bits per heavy atom. The molecule has 0 saturated heterocycles. The lowest BCUT2D eigenvalue weighted by Crippen LogP contribution is -2.40. The first-order chi connectivity index (χ1) is 14.4. The minimum atomic E-state index is -3.02. The topological polar surface area (TPSA) is 79.8 Å². The van der Waals surface area contributed by atoms with E-state index in [0.29, 0.717) is 25.7 Å². The summed E-state index contributed by atoms with van der Waals surface area (Å²) < 4.78 is 28.6. The molecule has 0 amide bonds. The van der Waals surface area contributed by atoms with Crippen LogP contribution in [0.1, 0.15) is 30.5 Å². The molecule has 6 nitrogen and oxygen atoms in total. The Balaban J connectivity index is 0.00000480. The molecule has 31 heavy (non-hydrogen) atoms. The van der Waals surface area contributed by atoms with Gasteiger partial charge in [0.2, 0.25) is 0 Å². The van der Waals surface area contributed by atoms with E-state index in [1.165, 1.54) is 11.8 Å². The van der Waals surface area contributed by atoms with Gasteiger partial charge in [-0.1, -0.05) is 61.5 Å². The van der Waals surface area contributed by atoms with Gasteiger partial charge in [0.1, 0.15) is 0 Å². The Hall–Kier alpha value is -1.65. The molecule has 2 N–H and O–H groups in total. The Morgan fingerprint density at radius 1 is 1.00 bits per heavy atom. The van der Waals surface area contributed by atoms with Crippen molar-refractivity contribution in [3.05, 3.63) is 71.3 Å². The fraction of sp³-hybridized carbons (Fsp3) is 0.435. The van der Waals surface area contributed by atoms with Gasteiger partial charge < -0.3 is 15.4 Å². The highest BCUT2D eigenvalue weighted by Crippen LogP contribution is 2.09. The zero-order valence-electron chi connectivity index (χ0n) is 18.5. The number of hydrogen-bond donors (Lipinski definition) is 2. The molecule has 0 bridgehead atoms. The molecular formula is C23H34IN3O3S. The predicted molar refractivity (Wildman–Crippen MR) is 138 cm³/mol. The Kier molecular flexibility index (Phi) is 12.7. The lowest BCUT2D eigenvalue weighted by atomic mass is 10.1. The number of ether oxygens (including phenoxy) is 1. The second kappa shape index (κ2) is 14.4. The maximum atomic E-state index is 11.4. The quantitative estimate of drug-likeness (QED) is 0.249. The highest BCUT2D eigenvalue weighted by Gasteiger charge is 2.06. The summed E-state index contributed by atoms with van der Waals surface area (Å²) in [7, 11) is -3.02. The molecule has 0 spiro atoms. The van der Waals surface area contributed by atoms with Crippen LogP contribution in [0.2, 0.25) is 0 Å². The van der Waals surface area contributed by atoms with Crippen molar-refractivity contribution < 1.29 is 13.2 Å². The summed E-state index contributed by atoms with van der Waals surface area (Å²) in [6.07, 6.45) is 1.24. The van der Waals surface area contributed by atoms with Gasteiger partial charge in [0.25, 0.3) is 0 Å². The van der Waals surface area contributed by atoms with Crippen LogP contribution in [0.15, 0.2) is 59.6 Å². The molecule has 0 aliphatic rings. The van der Waals surface area contributed by atoms with Crippen molar-refractivity contribution in [2.75, 3.05) is 26.0 Å². The summed E-state index contributed by atoms with van der Waals surface area (Å²) in [6, 6.07) is 17.7. The molecule has 0 aliphatic heterocycles. The SMILES string of the molecule is CCNC(=NCc1ccc(CS(C)(=O)=O)cc1)NCC(C)COCc1ccccc1.I. The van der Waals surface area contributed by atoms with Gasteiger partial charge in [-0.25, -0.2) is 13.4 Å². The van der Waals surface area contributed by atoms with Crippen LogP contribution in [-0.4, -0.2) is 40.3 Å². The van der Waals surface area contributed by atoms with Gasteiger partial charge in [0, 0.05) is 19.3 Å². The lowest BCUT2D eigenvalue weighted by Gasteiger charge is -2.16. The summed E-state index contributed by atoms with van der Waals surface area (Å²) >= 11 is 0. The molecule has 1 atom stereocenters. The predicted octanol–water partition coefficient (Wildman–Crippen LogP) is 3.76. The minimum absolute atomic E-state index is 0. The third-order valence-corrected chi connectivity index (χ3v) is 5.21. The van der Waals surface area contributed by atoms with E-state index in [1.54, 1.807) is 0 Å². The molecule has 172 valence electrons. The summed E-state index contributed by atoms with van der Waals surface area (Å²) in [5.41, 5.74) is 3.00. The van der Waals surface area contributed by atoms with E-state index in [2.05, 4.69) is 34.7 Å². The lowest BCUT2D eigenvalue weighted by molar-refractivity contribution is 0.0931. The van der Waals surface area contributed by atoms with Crippen molar-refractivity contribution in [3.8, 4) is 0 Å². The van der Waals surface area contributed by atoms with Crippen LogP contribution in [-0.2, 0) is 33.5 Å². The van der Waals surface area contributed by atoms with E-state index in [0.717, 1.165) is 30.2 Å². The van der Waals surface area contributed by atoms with Gasteiger partial charge >= 0.3 is 0 Å². The van der Waals surface area contributed by atoms with Crippen LogP contribution < -0.4 is 10.6 Å². The second-order valence-electron chi connectivity index (χ2n) is 7.57. The zero-order chi connectivity index (χ0) is 21.8. The van der Waals surface area contributed by atoms with Gasteiger partial charge in [-0.2, -0.15) is 0 Å². The van der Waals surface area contributed by atoms with E-state index in [9.17, 15) is 8.42 Å². The molecule has 0 heterocycles. The largest absolute Gasteiger partial charge is 0.376 e. The average Bonchev–Trinajstić information content (AvgIpc) is 2.71. The van der Waals surface area contributed by atoms with Crippen molar-refractivity contribution in [3.63, 3.8) is 0 Å². The van der Waals surface area contributed by atoms with E-state index < -0.39 is 9.84 Å². The number of halogens is 1. The smallest absolute Gasteiger partial charge is 0.191 e. The third-order valence-electron chi connectivity index (χ3n) is 4.35. The van der Waals surface area contributed by atoms with Gasteiger partial charge in [-0.05, 0) is 29.5 Å². The normalized spacial score (nSPS) is 12.7. The van der Waals surface area contributed by atoms with Gasteiger partial charge in [0.15, 0.2) is 15.8 Å². The highest BCUT2D eigenvalue weighted by atomic mass is 127. The van der Waals surface area contributed by atoms with Gasteiger partial charge in [0.05, 0.1) is 25.5 Å². The average molecular weight is 560 g/mol. The molecule has 1 unspecified atom stereocenters. The van der Waals surface area contributed by atoms with E-state index in [4.69, 9.17) is 4.74 Å². The molecule has 0 radical (unpaired) electrons. The van der Waals surface area contributed by atoms with Crippen molar-refractivity contribution in [2.45, 2.75) is 32.8 Å². The molecular weight excluding hydrogens is 525 g/mol. The van der Waals surface area contributed by atoms with Crippen LogP contribution in [0.4, 0.5) is 0 Å². The molecule has 2 aromatic rings. The van der Waals surface area contributed by atoms with Crippen molar-refractivity contribution in [1.82, 2.24) is 10.6 Å². The van der Waals surface area contributed by atoms with Crippen LogP contribution >= 0.6 is 24.0 Å². The third kappa shape index (κ3) is 12.1. The number of nitrogens with zero attached hydrogens (tertiary/aromatic N) is 1.